The predicted octanol–water partition coefficient (Wildman–Crippen LogP) is 6.08. The van der Waals surface area contributed by atoms with Crippen molar-refractivity contribution in [3.63, 3.8) is 0 Å². The quantitative estimate of drug-likeness (QED) is 0.143. The van der Waals surface area contributed by atoms with Crippen LogP contribution in [0.5, 0.6) is 0 Å². The number of hydrogen-bond donors (Lipinski definition) is 0. The fraction of sp³-hybridized carbons (Fsp3) is 1.00. The van der Waals surface area contributed by atoms with Gasteiger partial charge in [0.05, 0.1) is 12.8 Å². The monoisotopic (exact) mass is 574 g/mol. The summed E-state index contributed by atoms with van der Waals surface area (Å²) in [7, 11) is 0. The molecule has 0 saturated carbocycles. The van der Waals surface area contributed by atoms with Gasteiger partial charge >= 0.3 is 24.6 Å². The van der Waals surface area contributed by atoms with Gasteiger partial charge in [0.2, 0.25) is 0 Å². The molecule has 0 aromatic heterocycles. The minimum Gasteiger partial charge on any atom is -0.369 e. The molecule has 180 valence electrons. The smallest absolute Gasteiger partial charge is 0.369 e. The van der Waals surface area contributed by atoms with E-state index >= 15 is 0 Å². The zero-order valence-corrected chi connectivity index (χ0v) is 19.2. The Hall–Kier alpha value is -0.0213. The molecule has 0 rings (SSSR count). The van der Waals surface area contributed by atoms with Crippen molar-refractivity contribution in [3.8, 4) is 0 Å². The average Bonchev–Trinajstić information content (AvgIpc) is 2.50. The van der Waals surface area contributed by atoms with Gasteiger partial charge in [-0.1, -0.05) is 26.7 Å². The van der Waals surface area contributed by atoms with Gasteiger partial charge in [-0.2, -0.15) is 43.9 Å². The molecule has 0 fully saturated rings. The van der Waals surface area contributed by atoms with Gasteiger partial charge in [-0.25, -0.2) is 0 Å². The summed E-state index contributed by atoms with van der Waals surface area (Å²) in [4.78, 5) is 0. The molecule has 4 radical (unpaired) electrons. The molecule has 0 spiro atoms. The van der Waals surface area contributed by atoms with Gasteiger partial charge in [0, 0.05) is 37.1 Å². The summed E-state index contributed by atoms with van der Waals surface area (Å²) in [6.45, 7) is 1.92. The third-order valence-electron chi connectivity index (χ3n) is 3.49. The number of alkyl halides is 10. The van der Waals surface area contributed by atoms with Gasteiger partial charge < -0.3 is 9.47 Å². The van der Waals surface area contributed by atoms with Crippen molar-refractivity contribution in [2.24, 2.45) is 0 Å². The molecule has 0 bridgehead atoms. The van der Waals surface area contributed by atoms with Crippen LogP contribution < -0.4 is 0 Å². The van der Waals surface area contributed by atoms with Gasteiger partial charge in [0.1, 0.15) is 0 Å². The first kappa shape index (κ1) is 32.2. The molecule has 0 N–H and O–H groups in total. The van der Waals surface area contributed by atoms with Crippen LogP contribution in [0, 0.1) is 0 Å². The predicted molar refractivity (Wildman–Crippen MR) is 87.4 cm³/mol. The maximum atomic E-state index is 14.1. The fourth-order valence-electron chi connectivity index (χ4n) is 2.02. The molecule has 0 aliphatic heterocycles. The van der Waals surface area contributed by atoms with Crippen LogP contribution in [0.25, 0.3) is 0 Å². The van der Waals surface area contributed by atoms with Gasteiger partial charge in [0.15, 0.2) is 12.2 Å². The Bertz CT molecular complexity index is 418. The first-order chi connectivity index (χ1) is 13.0. The molecule has 0 saturated heterocycles. The zero-order valence-electron chi connectivity index (χ0n) is 16.3. The Balaban J connectivity index is 0. The van der Waals surface area contributed by atoms with Crippen molar-refractivity contribution >= 4 is 23.9 Å². The Morgan fingerprint density at radius 2 is 0.900 bits per heavy atom. The SMILES string of the molecule is CCCCOC(CC(F)(F)F)C(F)(F)OC(F)(F)C(CC(F)(F)F)OCCCC.[Sn]. The Morgan fingerprint density at radius 3 is 1.13 bits per heavy atom. The molecule has 0 heterocycles. The van der Waals surface area contributed by atoms with Crippen molar-refractivity contribution in [2.45, 2.75) is 89.2 Å². The Morgan fingerprint density at radius 1 is 0.600 bits per heavy atom. The summed E-state index contributed by atoms with van der Waals surface area (Å²) in [5, 5.41) is 0. The first-order valence-electron chi connectivity index (χ1n) is 8.86. The van der Waals surface area contributed by atoms with E-state index in [9.17, 15) is 43.9 Å². The maximum absolute atomic E-state index is 14.1. The maximum Gasteiger partial charge on any atom is 0.391 e. The molecule has 0 amide bonds. The number of rotatable bonds is 14. The van der Waals surface area contributed by atoms with E-state index in [1.807, 2.05) is 0 Å². The van der Waals surface area contributed by atoms with Crippen molar-refractivity contribution < 1.29 is 58.1 Å². The molecule has 2 unspecified atom stereocenters. The minimum absolute atomic E-state index is 0. The molecule has 0 aliphatic carbocycles. The van der Waals surface area contributed by atoms with Gasteiger partial charge in [-0.05, 0) is 12.8 Å². The van der Waals surface area contributed by atoms with Crippen molar-refractivity contribution in [3.05, 3.63) is 0 Å². The Labute approximate surface area is 184 Å². The molecule has 0 aliphatic rings. The van der Waals surface area contributed by atoms with Crippen molar-refractivity contribution in [1.82, 2.24) is 0 Å². The number of hydrogen-bond acceptors (Lipinski definition) is 3. The summed E-state index contributed by atoms with van der Waals surface area (Å²) < 4.78 is 143. The van der Waals surface area contributed by atoms with Gasteiger partial charge in [-0.3, -0.25) is 4.74 Å². The van der Waals surface area contributed by atoms with Crippen LogP contribution in [0.4, 0.5) is 43.9 Å². The molecule has 2 atom stereocenters. The van der Waals surface area contributed by atoms with E-state index in [0.717, 1.165) is 0 Å². The summed E-state index contributed by atoms with van der Waals surface area (Å²) in [5.41, 5.74) is 0. The molecule has 3 nitrogen and oxygen atoms in total. The zero-order chi connectivity index (χ0) is 22.9. The fourth-order valence-corrected chi connectivity index (χ4v) is 2.02. The molecular formula is C16H24F10O3Sn. The number of unbranched alkanes of at least 4 members (excludes halogenated alkanes) is 2. The van der Waals surface area contributed by atoms with Crippen molar-refractivity contribution in [1.29, 1.82) is 0 Å². The molecule has 0 aromatic rings. The van der Waals surface area contributed by atoms with E-state index in [4.69, 9.17) is 0 Å². The second-order valence-electron chi connectivity index (χ2n) is 6.29. The molecular weight excluding hydrogens is 549 g/mol. The van der Waals surface area contributed by atoms with Crippen LogP contribution in [0.2, 0.25) is 0 Å². The van der Waals surface area contributed by atoms with Crippen LogP contribution in [-0.4, -0.2) is 73.9 Å². The summed E-state index contributed by atoms with van der Waals surface area (Å²) in [5.74, 6) is 0. The average molecular weight is 573 g/mol. The Kier molecular flexibility index (Phi) is 14.5. The third kappa shape index (κ3) is 14.1. The molecule has 30 heavy (non-hydrogen) atoms. The second-order valence-corrected chi connectivity index (χ2v) is 6.29. The van der Waals surface area contributed by atoms with Crippen molar-refractivity contribution in [2.75, 3.05) is 13.2 Å². The van der Waals surface area contributed by atoms with E-state index in [0.29, 0.717) is 12.8 Å². The second kappa shape index (κ2) is 13.5. The van der Waals surface area contributed by atoms with E-state index in [1.54, 1.807) is 13.8 Å². The van der Waals surface area contributed by atoms with Crippen LogP contribution >= 0.6 is 0 Å². The van der Waals surface area contributed by atoms with Crippen LogP contribution in [0.1, 0.15) is 52.4 Å². The van der Waals surface area contributed by atoms with Gasteiger partial charge in [-0.15, -0.1) is 0 Å². The topological polar surface area (TPSA) is 27.7 Å². The van der Waals surface area contributed by atoms with Crippen LogP contribution in [0.15, 0.2) is 0 Å². The third-order valence-corrected chi connectivity index (χ3v) is 3.49. The minimum atomic E-state index is -5.23. The summed E-state index contributed by atoms with van der Waals surface area (Å²) >= 11 is 0. The summed E-state index contributed by atoms with van der Waals surface area (Å²) in [6, 6.07) is 0. The van der Waals surface area contributed by atoms with Crippen LogP contribution in [0.3, 0.4) is 0 Å². The normalized spacial score (nSPS) is 15.6. The number of halogens is 10. The van der Waals surface area contributed by atoms with E-state index in [-0.39, 0.29) is 36.7 Å². The first-order valence-corrected chi connectivity index (χ1v) is 8.86. The van der Waals surface area contributed by atoms with Crippen LogP contribution in [-0.2, 0) is 14.2 Å². The molecule has 0 aromatic carbocycles. The number of ether oxygens (including phenoxy) is 3. The van der Waals surface area contributed by atoms with E-state index in [2.05, 4.69) is 14.2 Å². The summed E-state index contributed by atoms with van der Waals surface area (Å²) in [6.07, 6.45) is -31.1. The van der Waals surface area contributed by atoms with Gasteiger partial charge in [0.25, 0.3) is 0 Å². The standard InChI is InChI=1S/C16H24F10O3.Sn/c1-3-5-7-27-11(9-13(17,18)19)15(23,24)29-16(25,26)12(10-14(20,21)22)28-8-6-4-2;/h11-12H,3-10H2,1-2H3;. The van der Waals surface area contributed by atoms with E-state index in [1.165, 1.54) is 0 Å². The largest absolute Gasteiger partial charge is 0.391 e. The molecule has 14 heteroatoms. The van der Waals surface area contributed by atoms with E-state index < -0.39 is 62.8 Å².